The van der Waals surface area contributed by atoms with E-state index in [9.17, 15) is 0 Å². The molecule has 6 nitrogen and oxygen atoms in total. The van der Waals surface area contributed by atoms with Gasteiger partial charge in [0.25, 0.3) is 0 Å². The first-order valence-electron chi connectivity index (χ1n) is 10.6. The van der Waals surface area contributed by atoms with Gasteiger partial charge in [-0.3, -0.25) is 4.99 Å². The molecule has 1 aliphatic heterocycles. The molecule has 0 amide bonds. The Hall–Kier alpha value is -1.79. The van der Waals surface area contributed by atoms with Gasteiger partial charge in [0.2, 0.25) is 0 Å². The van der Waals surface area contributed by atoms with E-state index < -0.39 is 0 Å². The summed E-state index contributed by atoms with van der Waals surface area (Å²) < 4.78 is 11.3. The summed E-state index contributed by atoms with van der Waals surface area (Å²) in [4.78, 5) is 6.77. The smallest absolute Gasteiger partial charge is 0.191 e. The van der Waals surface area contributed by atoms with Gasteiger partial charge >= 0.3 is 0 Å². The lowest BCUT2D eigenvalue weighted by Crippen LogP contribution is -2.38. The third-order valence-electron chi connectivity index (χ3n) is 5.27. The Morgan fingerprint density at radius 2 is 2.00 bits per heavy atom. The maximum Gasteiger partial charge on any atom is 0.191 e. The number of ether oxygens (including phenoxy) is 2. The van der Waals surface area contributed by atoms with Gasteiger partial charge in [0, 0.05) is 32.3 Å². The molecule has 2 N–H and O–H groups in total. The summed E-state index contributed by atoms with van der Waals surface area (Å²) >= 11 is 0. The van der Waals surface area contributed by atoms with Crippen LogP contribution in [0, 0.1) is 12.8 Å². The molecule has 1 fully saturated rings. The van der Waals surface area contributed by atoms with Crippen LogP contribution in [0.1, 0.15) is 37.3 Å². The van der Waals surface area contributed by atoms with E-state index in [1.807, 2.05) is 14.0 Å². The fourth-order valence-electron chi connectivity index (χ4n) is 3.44. The Balaban J connectivity index is 1.77. The second-order valence-corrected chi connectivity index (χ2v) is 7.54. The zero-order valence-corrected chi connectivity index (χ0v) is 18.1. The van der Waals surface area contributed by atoms with Crippen molar-refractivity contribution in [1.29, 1.82) is 0 Å². The molecule has 0 radical (unpaired) electrons. The number of hydrogen-bond donors (Lipinski definition) is 2. The van der Waals surface area contributed by atoms with Crippen LogP contribution < -0.4 is 15.4 Å². The summed E-state index contributed by atoms with van der Waals surface area (Å²) in [5.41, 5.74) is 2.32. The third kappa shape index (κ3) is 8.07. The highest BCUT2D eigenvalue weighted by Gasteiger charge is 2.16. The molecular formula is C22H38N4O2. The number of aryl methyl sites for hydroxylation is 1. The van der Waals surface area contributed by atoms with Crippen molar-refractivity contribution in [3.05, 3.63) is 29.3 Å². The quantitative estimate of drug-likeness (QED) is 0.365. The average molecular weight is 391 g/mol. The number of nitrogens with zero attached hydrogens (tertiary/aromatic N) is 2. The number of nitrogens with one attached hydrogen (secondary N) is 2. The van der Waals surface area contributed by atoms with Crippen molar-refractivity contribution in [2.24, 2.45) is 10.9 Å². The Kier molecular flexibility index (Phi) is 10.1. The summed E-state index contributed by atoms with van der Waals surface area (Å²) in [6.45, 7) is 10.0. The molecule has 2 rings (SSSR count). The van der Waals surface area contributed by atoms with Crippen molar-refractivity contribution in [2.75, 3.05) is 53.6 Å². The van der Waals surface area contributed by atoms with Gasteiger partial charge in [0.15, 0.2) is 5.96 Å². The van der Waals surface area contributed by atoms with Gasteiger partial charge < -0.3 is 25.0 Å². The molecule has 1 aromatic rings. The van der Waals surface area contributed by atoms with Crippen molar-refractivity contribution >= 4 is 5.96 Å². The minimum Gasteiger partial charge on any atom is -0.491 e. The lowest BCUT2D eigenvalue weighted by molar-refractivity contribution is 0.110. The van der Waals surface area contributed by atoms with E-state index in [0.717, 1.165) is 29.7 Å². The third-order valence-corrected chi connectivity index (χ3v) is 5.27. The molecule has 0 bridgehead atoms. The minimum absolute atomic E-state index is 0.563. The molecular weight excluding hydrogens is 352 g/mol. The van der Waals surface area contributed by atoms with Crippen molar-refractivity contribution in [1.82, 2.24) is 15.5 Å². The number of piperidine rings is 1. The van der Waals surface area contributed by atoms with E-state index in [1.165, 1.54) is 37.9 Å². The molecule has 0 spiro atoms. The first-order valence-corrected chi connectivity index (χ1v) is 10.6. The number of aliphatic imine (C=N–C) groups is 1. The van der Waals surface area contributed by atoms with E-state index in [4.69, 9.17) is 9.47 Å². The molecule has 6 heteroatoms. The van der Waals surface area contributed by atoms with Crippen LogP contribution in [0.15, 0.2) is 23.2 Å². The van der Waals surface area contributed by atoms with Gasteiger partial charge in [0.1, 0.15) is 12.4 Å². The predicted octanol–water partition coefficient (Wildman–Crippen LogP) is 2.81. The van der Waals surface area contributed by atoms with Crippen molar-refractivity contribution in [2.45, 2.75) is 39.7 Å². The van der Waals surface area contributed by atoms with Gasteiger partial charge in [-0.2, -0.15) is 0 Å². The lowest BCUT2D eigenvalue weighted by Gasteiger charge is -2.29. The summed E-state index contributed by atoms with van der Waals surface area (Å²) in [5.74, 6) is 2.58. The highest BCUT2D eigenvalue weighted by atomic mass is 16.5. The fraction of sp³-hybridized carbons (Fsp3) is 0.682. The number of likely N-dealkylation sites (tertiary alicyclic amines) is 1. The van der Waals surface area contributed by atoms with Crippen LogP contribution in [0.2, 0.25) is 0 Å². The average Bonchev–Trinajstić information content (AvgIpc) is 2.70. The molecule has 1 aliphatic rings. The van der Waals surface area contributed by atoms with Gasteiger partial charge in [-0.05, 0) is 70.8 Å². The molecule has 0 saturated carbocycles. The SMILES string of the molecule is CCOCCOc1cc(C)ccc1CNC(=NC)NCCC1CCN(C)CC1. The van der Waals surface area contributed by atoms with E-state index in [-0.39, 0.29) is 0 Å². The number of rotatable bonds is 10. The normalized spacial score (nSPS) is 16.2. The monoisotopic (exact) mass is 390 g/mol. The first kappa shape index (κ1) is 22.5. The standard InChI is InChI=1S/C22H38N4O2/c1-5-27-14-15-28-21-16-18(2)6-7-20(21)17-25-22(23-3)24-11-8-19-9-12-26(4)13-10-19/h6-7,16,19H,5,8-15,17H2,1-4H3,(H2,23,24,25). The fourth-order valence-corrected chi connectivity index (χ4v) is 3.44. The maximum atomic E-state index is 5.93. The van der Waals surface area contributed by atoms with Crippen LogP contribution >= 0.6 is 0 Å². The zero-order valence-electron chi connectivity index (χ0n) is 18.1. The largest absolute Gasteiger partial charge is 0.491 e. The molecule has 0 unspecified atom stereocenters. The van der Waals surface area contributed by atoms with Crippen LogP contribution in [0.5, 0.6) is 5.75 Å². The van der Waals surface area contributed by atoms with Crippen LogP contribution in [-0.4, -0.2) is 64.4 Å². The molecule has 158 valence electrons. The maximum absolute atomic E-state index is 5.93. The molecule has 1 saturated heterocycles. The summed E-state index contributed by atoms with van der Waals surface area (Å²) in [6, 6.07) is 6.31. The molecule has 0 aliphatic carbocycles. The molecule has 1 aromatic carbocycles. The number of guanidine groups is 1. The highest BCUT2D eigenvalue weighted by molar-refractivity contribution is 5.79. The lowest BCUT2D eigenvalue weighted by atomic mass is 9.94. The van der Waals surface area contributed by atoms with Gasteiger partial charge in [0.05, 0.1) is 6.61 Å². The van der Waals surface area contributed by atoms with Crippen molar-refractivity contribution < 1.29 is 9.47 Å². The first-order chi connectivity index (χ1) is 13.6. The minimum atomic E-state index is 0.563. The number of hydrogen-bond acceptors (Lipinski definition) is 4. The molecule has 28 heavy (non-hydrogen) atoms. The Bertz CT molecular complexity index is 598. The van der Waals surface area contributed by atoms with E-state index >= 15 is 0 Å². The van der Waals surface area contributed by atoms with Crippen LogP contribution in [0.25, 0.3) is 0 Å². The van der Waals surface area contributed by atoms with Crippen LogP contribution in [0.3, 0.4) is 0 Å². The molecule has 0 aromatic heterocycles. The summed E-state index contributed by atoms with van der Waals surface area (Å²) in [5, 5.41) is 6.86. The summed E-state index contributed by atoms with van der Waals surface area (Å²) in [7, 11) is 4.03. The second-order valence-electron chi connectivity index (χ2n) is 7.54. The number of benzene rings is 1. The van der Waals surface area contributed by atoms with Gasteiger partial charge in [-0.25, -0.2) is 0 Å². The topological polar surface area (TPSA) is 58.1 Å². The van der Waals surface area contributed by atoms with E-state index in [2.05, 4.69) is 52.7 Å². The van der Waals surface area contributed by atoms with Gasteiger partial charge in [-0.15, -0.1) is 0 Å². The Labute approximate surface area is 170 Å². The molecule has 0 atom stereocenters. The second kappa shape index (κ2) is 12.6. The van der Waals surface area contributed by atoms with Crippen LogP contribution in [-0.2, 0) is 11.3 Å². The van der Waals surface area contributed by atoms with Gasteiger partial charge in [-0.1, -0.05) is 12.1 Å². The van der Waals surface area contributed by atoms with Crippen molar-refractivity contribution in [3.63, 3.8) is 0 Å². The van der Waals surface area contributed by atoms with E-state index in [1.54, 1.807) is 0 Å². The summed E-state index contributed by atoms with van der Waals surface area (Å²) in [6.07, 6.45) is 3.80. The Morgan fingerprint density at radius 3 is 2.71 bits per heavy atom. The van der Waals surface area contributed by atoms with Crippen molar-refractivity contribution in [3.8, 4) is 5.75 Å². The zero-order chi connectivity index (χ0) is 20.2. The van der Waals surface area contributed by atoms with E-state index in [0.29, 0.717) is 26.4 Å². The Morgan fingerprint density at radius 1 is 1.21 bits per heavy atom. The molecule has 1 heterocycles. The predicted molar refractivity (Wildman–Crippen MR) is 116 cm³/mol. The highest BCUT2D eigenvalue weighted by Crippen LogP contribution is 2.20. The van der Waals surface area contributed by atoms with Crippen LogP contribution in [0.4, 0.5) is 0 Å².